The number of Topliss-reactive ketones (excluding diaryl/α,β-unsaturated/α-hetero) is 1. The third-order valence-corrected chi connectivity index (χ3v) is 6.82. The Balaban J connectivity index is 1.50. The van der Waals surface area contributed by atoms with Gasteiger partial charge in [-0.25, -0.2) is 0 Å². The number of para-hydroxylation sites is 4. The summed E-state index contributed by atoms with van der Waals surface area (Å²) in [6, 6.07) is 24.2. The van der Waals surface area contributed by atoms with E-state index in [9.17, 15) is 4.79 Å². The molecule has 1 aromatic heterocycles. The van der Waals surface area contributed by atoms with E-state index in [1.165, 1.54) is 0 Å². The molecule has 2 heterocycles. The van der Waals surface area contributed by atoms with E-state index in [-0.39, 0.29) is 17.7 Å². The van der Waals surface area contributed by atoms with Crippen molar-refractivity contribution in [2.45, 2.75) is 24.8 Å². The molecule has 5 nitrogen and oxygen atoms in total. The molecule has 3 aromatic carbocycles. The fourth-order valence-corrected chi connectivity index (χ4v) is 5.28. The van der Waals surface area contributed by atoms with Crippen molar-refractivity contribution in [2.75, 3.05) is 17.7 Å². The number of fused-ring (bicyclic) bond motifs is 2. The van der Waals surface area contributed by atoms with Crippen LogP contribution in [-0.4, -0.2) is 17.9 Å². The first-order valence-corrected chi connectivity index (χ1v) is 11.3. The molecule has 1 aliphatic carbocycles. The summed E-state index contributed by atoms with van der Waals surface area (Å²) in [5.74, 6) is 1.06. The van der Waals surface area contributed by atoms with Crippen LogP contribution in [0.1, 0.15) is 35.9 Å². The van der Waals surface area contributed by atoms with Crippen LogP contribution in [0.5, 0.6) is 5.75 Å². The summed E-state index contributed by atoms with van der Waals surface area (Å²) in [7, 11) is 1.69. The molecular weight excluding hydrogens is 410 g/mol. The third kappa shape index (κ3) is 3.28. The van der Waals surface area contributed by atoms with Gasteiger partial charge in [-0.3, -0.25) is 4.79 Å². The Morgan fingerprint density at radius 3 is 2.48 bits per heavy atom. The van der Waals surface area contributed by atoms with Crippen molar-refractivity contribution in [3.8, 4) is 5.75 Å². The quantitative estimate of drug-likeness (QED) is 0.361. The van der Waals surface area contributed by atoms with Crippen LogP contribution < -0.4 is 15.4 Å². The van der Waals surface area contributed by atoms with E-state index in [1.807, 2.05) is 48.7 Å². The van der Waals surface area contributed by atoms with Gasteiger partial charge in [-0.2, -0.15) is 0 Å². The van der Waals surface area contributed by atoms with Gasteiger partial charge in [0.05, 0.1) is 24.5 Å². The van der Waals surface area contributed by atoms with Crippen LogP contribution in [0, 0.1) is 0 Å². The number of anilines is 2. The van der Waals surface area contributed by atoms with Crippen LogP contribution >= 0.6 is 0 Å². The SMILES string of the molecule is COc1ccccc1C1CC(=O)C2=C(C1)Nc1ccccc1NC2c1c[nH]c2ccccc12. The second-order valence-electron chi connectivity index (χ2n) is 8.70. The topological polar surface area (TPSA) is 66.2 Å². The molecule has 0 fully saturated rings. The van der Waals surface area contributed by atoms with Crippen molar-refractivity contribution in [1.29, 1.82) is 0 Å². The zero-order valence-electron chi connectivity index (χ0n) is 18.4. The van der Waals surface area contributed by atoms with Crippen LogP contribution in [0.2, 0.25) is 0 Å². The van der Waals surface area contributed by atoms with Crippen molar-refractivity contribution in [1.82, 2.24) is 4.98 Å². The number of nitrogens with one attached hydrogen (secondary N) is 3. The number of hydrogen-bond acceptors (Lipinski definition) is 4. The molecule has 2 aliphatic rings. The minimum Gasteiger partial charge on any atom is -0.496 e. The lowest BCUT2D eigenvalue weighted by atomic mass is 9.78. The zero-order chi connectivity index (χ0) is 22.4. The average molecular weight is 436 g/mol. The number of rotatable bonds is 3. The Kier molecular flexibility index (Phi) is 4.68. The van der Waals surface area contributed by atoms with Crippen LogP contribution in [0.15, 0.2) is 90.3 Å². The first-order chi connectivity index (χ1) is 16.2. The first-order valence-electron chi connectivity index (χ1n) is 11.3. The molecule has 33 heavy (non-hydrogen) atoms. The van der Waals surface area contributed by atoms with E-state index in [0.29, 0.717) is 6.42 Å². The Morgan fingerprint density at radius 1 is 0.848 bits per heavy atom. The van der Waals surface area contributed by atoms with E-state index in [2.05, 4.69) is 45.9 Å². The number of allylic oxidation sites excluding steroid dienone is 1. The number of aromatic nitrogens is 1. The van der Waals surface area contributed by atoms with Gasteiger partial charge in [-0.05, 0) is 36.2 Å². The standard InChI is InChI=1S/C28H25N3O2/c1-33-26-13-7-3-8-18(26)17-14-24-27(25(32)15-17)28(31-23-12-6-5-11-22(23)30-24)20-16-29-21-10-4-2-9-19(20)21/h2-13,16-17,28-31H,14-15H2,1H3. The fraction of sp³-hybridized carbons (Fsp3) is 0.179. The summed E-state index contributed by atoms with van der Waals surface area (Å²) in [5, 5.41) is 8.42. The highest BCUT2D eigenvalue weighted by atomic mass is 16.5. The Morgan fingerprint density at radius 2 is 1.61 bits per heavy atom. The van der Waals surface area contributed by atoms with Crippen molar-refractivity contribution in [2.24, 2.45) is 0 Å². The molecule has 2 unspecified atom stereocenters. The van der Waals surface area contributed by atoms with E-state index >= 15 is 0 Å². The van der Waals surface area contributed by atoms with Gasteiger partial charge >= 0.3 is 0 Å². The molecule has 2 atom stereocenters. The maximum absolute atomic E-state index is 13.8. The molecule has 0 radical (unpaired) electrons. The van der Waals surface area contributed by atoms with Crippen molar-refractivity contribution in [3.05, 3.63) is 101 Å². The summed E-state index contributed by atoms with van der Waals surface area (Å²) in [6.45, 7) is 0. The maximum atomic E-state index is 13.8. The van der Waals surface area contributed by atoms with Gasteiger partial charge in [-0.1, -0.05) is 48.5 Å². The summed E-state index contributed by atoms with van der Waals surface area (Å²) in [6.07, 6.45) is 3.23. The molecule has 0 spiro atoms. The fourth-order valence-electron chi connectivity index (χ4n) is 5.28. The van der Waals surface area contributed by atoms with Gasteiger partial charge in [0.25, 0.3) is 0 Å². The van der Waals surface area contributed by atoms with Gasteiger partial charge in [0.1, 0.15) is 5.75 Å². The highest BCUT2D eigenvalue weighted by Gasteiger charge is 2.37. The number of methoxy groups -OCH3 is 1. The number of benzene rings is 3. The Labute approximate surface area is 192 Å². The van der Waals surface area contributed by atoms with E-state index in [0.717, 1.165) is 56.8 Å². The van der Waals surface area contributed by atoms with Crippen LogP contribution in [-0.2, 0) is 4.79 Å². The predicted molar refractivity (Wildman–Crippen MR) is 132 cm³/mol. The molecule has 5 heteroatoms. The highest BCUT2D eigenvalue weighted by Crippen LogP contribution is 2.46. The molecule has 0 amide bonds. The molecule has 6 rings (SSSR count). The number of hydrogen-bond donors (Lipinski definition) is 3. The average Bonchev–Trinajstić information content (AvgIpc) is 3.20. The van der Waals surface area contributed by atoms with Gasteiger partial charge in [-0.15, -0.1) is 0 Å². The minimum atomic E-state index is -0.238. The Hall–Kier alpha value is -3.99. The van der Waals surface area contributed by atoms with Crippen molar-refractivity contribution in [3.63, 3.8) is 0 Å². The monoisotopic (exact) mass is 435 g/mol. The number of ether oxygens (including phenoxy) is 1. The van der Waals surface area contributed by atoms with E-state index in [1.54, 1.807) is 7.11 Å². The van der Waals surface area contributed by atoms with E-state index in [4.69, 9.17) is 4.74 Å². The lowest BCUT2D eigenvalue weighted by molar-refractivity contribution is -0.116. The van der Waals surface area contributed by atoms with Gasteiger partial charge in [0.2, 0.25) is 0 Å². The summed E-state index contributed by atoms with van der Waals surface area (Å²) < 4.78 is 5.61. The summed E-state index contributed by atoms with van der Waals surface area (Å²) in [4.78, 5) is 17.1. The molecular formula is C28H25N3O2. The second kappa shape index (κ2) is 7.85. The number of carbonyl (C=O) groups excluding carboxylic acids is 1. The smallest absolute Gasteiger partial charge is 0.163 e. The minimum absolute atomic E-state index is 0.0637. The summed E-state index contributed by atoms with van der Waals surface area (Å²) in [5.41, 5.74) is 7.01. The number of aromatic amines is 1. The van der Waals surface area contributed by atoms with Crippen molar-refractivity contribution >= 4 is 28.1 Å². The summed E-state index contributed by atoms with van der Waals surface area (Å²) >= 11 is 0. The largest absolute Gasteiger partial charge is 0.496 e. The van der Waals surface area contributed by atoms with Crippen LogP contribution in [0.25, 0.3) is 10.9 Å². The number of carbonyl (C=O) groups is 1. The van der Waals surface area contributed by atoms with Gasteiger partial charge in [0, 0.05) is 46.3 Å². The van der Waals surface area contributed by atoms with E-state index < -0.39 is 0 Å². The third-order valence-electron chi connectivity index (χ3n) is 6.82. The normalized spacial score (nSPS) is 19.8. The molecule has 1 aliphatic heterocycles. The second-order valence-corrected chi connectivity index (χ2v) is 8.70. The first kappa shape index (κ1) is 19.7. The van der Waals surface area contributed by atoms with Gasteiger partial charge < -0.3 is 20.4 Å². The van der Waals surface area contributed by atoms with Gasteiger partial charge in [0.15, 0.2) is 5.78 Å². The maximum Gasteiger partial charge on any atom is 0.163 e. The predicted octanol–water partition coefficient (Wildman–Crippen LogP) is 6.16. The lowest BCUT2D eigenvalue weighted by Crippen LogP contribution is -2.27. The number of H-pyrrole nitrogens is 1. The lowest BCUT2D eigenvalue weighted by Gasteiger charge is -2.30. The molecule has 0 saturated heterocycles. The number of ketones is 1. The highest BCUT2D eigenvalue weighted by molar-refractivity contribution is 6.02. The molecule has 164 valence electrons. The molecule has 0 saturated carbocycles. The molecule has 0 bridgehead atoms. The van der Waals surface area contributed by atoms with Crippen LogP contribution in [0.3, 0.4) is 0 Å². The molecule has 4 aromatic rings. The van der Waals surface area contributed by atoms with Crippen molar-refractivity contribution < 1.29 is 9.53 Å². The Bertz CT molecular complexity index is 1400. The van der Waals surface area contributed by atoms with Crippen LogP contribution in [0.4, 0.5) is 11.4 Å². The zero-order valence-corrected chi connectivity index (χ0v) is 18.4. The molecule has 3 N–H and O–H groups in total.